The first-order chi connectivity index (χ1) is 5.65. The van der Waals surface area contributed by atoms with Crippen molar-refractivity contribution < 1.29 is 4.79 Å². The van der Waals surface area contributed by atoms with Gasteiger partial charge in [0.2, 0.25) is 0 Å². The summed E-state index contributed by atoms with van der Waals surface area (Å²) in [5, 5.41) is -0.596. The van der Waals surface area contributed by atoms with Crippen LogP contribution in [0.5, 0.6) is 0 Å². The van der Waals surface area contributed by atoms with Crippen molar-refractivity contribution in [3.63, 3.8) is 0 Å². The Balaban J connectivity index is 3.16. The molecule has 0 bridgehead atoms. The van der Waals surface area contributed by atoms with Crippen LogP contribution in [0.1, 0.15) is 22.0 Å². The zero-order valence-electron chi connectivity index (χ0n) is 6.52. The predicted octanol–water partition coefficient (Wildman–Crippen LogP) is 1.90. The van der Waals surface area contributed by atoms with E-state index in [4.69, 9.17) is 11.6 Å². The Kier molecular flexibility index (Phi) is 2.48. The largest absolute Gasteiger partial charge is 0.338 e. The zero-order chi connectivity index (χ0) is 9.14. The second-order valence-electron chi connectivity index (χ2n) is 2.22. The molecule has 0 radical (unpaired) electrons. The predicted molar refractivity (Wildman–Crippen MR) is 47.1 cm³/mol. The van der Waals surface area contributed by atoms with Crippen molar-refractivity contribution in [2.24, 2.45) is 0 Å². The third-order valence-corrected chi connectivity index (χ3v) is 1.53. The van der Waals surface area contributed by atoms with Crippen molar-refractivity contribution in [1.29, 1.82) is 0 Å². The standard InChI is InChI=1S/C8H7ClN2O/c1-3-4-6-5(2)10-8(11-6)7(9)12/h4H,1H2,2H3,(H,10,11). The Hall–Kier alpha value is -1.31. The summed E-state index contributed by atoms with van der Waals surface area (Å²) in [6.07, 6.45) is 1.58. The van der Waals surface area contributed by atoms with Gasteiger partial charge in [-0.05, 0) is 18.5 Å². The van der Waals surface area contributed by atoms with Gasteiger partial charge >= 0.3 is 0 Å². The molecule has 0 spiro atoms. The van der Waals surface area contributed by atoms with Crippen molar-refractivity contribution in [2.75, 3.05) is 0 Å². The van der Waals surface area contributed by atoms with Gasteiger partial charge in [-0.2, -0.15) is 0 Å². The highest BCUT2D eigenvalue weighted by molar-refractivity contribution is 6.67. The smallest absolute Gasteiger partial charge is 0.287 e. The molecule has 0 amide bonds. The third kappa shape index (κ3) is 1.64. The molecule has 12 heavy (non-hydrogen) atoms. The van der Waals surface area contributed by atoms with Gasteiger partial charge in [-0.25, -0.2) is 4.98 Å². The molecule has 62 valence electrons. The van der Waals surface area contributed by atoms with Crippen LogP contribution >= 0.6 is 11.6 Å². The molecule has 0 saturated carbocycles. The fourth-order valence-electron chi connectivity index (χ4n) is 0.804. The molecule has 0 unspecified atom stereocenters. The van der Waals surface area contributed by atoms with E-state index in [1.54, 1.807) is 13.0 Å². The number of hydrogen-bond donors (Lipinski definition) is 1. The van der Waals surface area contributed by atoms with E-state index in [9.17, 15) is 4.79 Å². The number of hydrogen-bond acceptors (Lipinski definition) is 2. The molecular weight excluding hydrogens is 176 g/mol. The van der Waals surface area contributed by atoms with Crippen LogP contribution in [0.25, 0.3) is 6.08 Å². The summed E-state index contributed by atoms with van der Waals surface area (Å²) in [6.45, 7) is 5.19. The van der Waals surface area contributed by atoms with Crippen LogP contribution in [-0.4, -0.2) is 15.2 Å². The van der Waals surface area contributed by atoms with Crippen molar-refractivity contribution in [2.45, 2.75) is 6.92 Å². The van der Waals surface area contributed by atoms with Gasteiger partial charge in [0.15, 0.2) is 5.82 Å². The molecule has 0 aliphatic carbocycles. The normalized spacial score (nSPS) is 9.17. The number of aromatic amines is 1. The molecule has 3 nitrogen and oxygen atoms in total. The monoisotopic (exact) mass is 182 g/mol. The number of imidazole rings is 1. The topological polar surface area (TPSA) is 45.8 Å². The molecule has 0 fully saturated rings. The van der Waals surface area contributed by atoms with Crippen molar-refractivity contribution >= 4 is 22.9 Å². The van der Waals surface area contributed by atoms with Crippen LogP contribution in [0.4, 0.5) is 0 Å². The Morgan fingerprint density at radius 1 is 1.83 bits per heavy atom. The highest BCUT2D eigenvalue weighted by Gasteiger charge is 2.08. The molecule has 1 heterocycles. The number of aryl methyl sites for hydroxylation is 1. The molecule has 0 aliphatic rings. The van der Waals surface area contributed by atoms with Crippen LogP contribution in [0.3, 0.4) is 0 Å². The van der Waals surface area contributed by atoms with Crippen LogP contribution in [0, 0.1) is 6.92 Å². The lowest BCUT2D eigenvalue weighted by atomic mass is 10.3. The van der Waals surface area contributed by atoms with Crippen LogP contribution in [0.2, 0.25) is 0 Å². The van der Waals surface area contributed by atoms with Gasteiger partial charge in [-0.15, -0.1) is 5.73 Å². The maximum Gasteiger partial charge on any atom is 0.287 e. The van der Waals surface area contributed by atoms with E-state index in [0.29, 0.717) is 5.69 Å². The van der Waals surface area contributed by atoms with Gasteiger partial charge in [0, 0.05) is 11.8 Å². The van der Waals surface area contributed by atoms with Crippen LogP contribution < -0.4 is 0 Å². The van der Waals surface area contributed by atoms with E-state index in [1.165, 1.54) is 0 Å². The average molecular weight is 183 g/mol. The first-order valence-corrected chi connectivity index (χ1v) is 3.65. The maximum absolute atomic E-state index is 10.6. The Labute approximate surface area is 74.8 Å². The Morgan fingerprint density at radius 2 is 2.50 bits per heavy atom. The molecule has 0 aliphatic heterocycles. The van der Waals surface area contributed by atoms with E-state index in [-0.39, 0.29) is 5.82 Å². The van der Waals surface area contributed by atoms with Gasteiger partial charge in [0.25, 0.3) is 5.24 Å². The number of carbonyl (C=O) groups excluding carboxylic acids is 1. The lowest BCUT2D eigenvalue weighted by Gasteiger charge is -1.81. The minimum absolute atomic E-state index is 0.149. The number of nitrogens with zero attached hydrogens (tertiary/aromatic N) is 1. The van der Waals surface area contributed by atoms with Crippen molar-refractivity contribution in [3.8, 4) is 0 Å². The number of rotatable bonds is 2. The minimum atomic E-state index is -0.596. The van der Waals surface area contributed by atoms with Crippen LogP contribution in [0.15, 0.2) is 12.3 Å². The second-order valence-corrected chi connectivity index (χ2v) is 2.56. The van der Waals surface area contributed by atoms with Crippen LogP contribution in [-0.2, 0) is 0 Å². The molecular formula is C8H7ClN2O. The van der Waals surface area contributed by atoms with Gasteiger partial charge in [-0.3, -0.25) is 4.79 Å². The summed E-state index contributed by atoms with van der Waals surface area (Å²) >= 11 is 5.21. The third-order valence-electron chi connectivity index (χ3n) is 1.35. The summed E-state index contributed by atoms with van der Waals surface area (Å²) < 4.78 is 0. The molecule has 1 aromatic rings. The number of carbonyl (C=O) groups is 1. The van der Waals surface area contributed by atoms with Gasteiger partial charge < -0.3 is 4.98 Å². The molecule has 1 rings (SSSR count). The van der Waals surface area contributed by atoms with E-state index in [2.05, 4.69) is 22.3 Å². The Morgan fingerprint density at radius 3 is 2.92 bits per heavy atom. The fraction of sp³-hybridized carbons (Fsp3) is 0.125. The summed E-state index contributed by atoms with van der Waals surface area (Å²) in [5.74, 6) is 0.149. The summed E-state index contributed by atoms with van der Waals surface area (Å²) in [7, 11) is 0. The number of halogens is 1. The lowest BCUT2D eigenvalue weighted by molar-refractivity contribution is 0.107. The molecule has 1 N–H and O–H groups in total. The highest BCUT2D eigenvalue weighted by atomic mass is 35.5. The minimum Gasteiger partial charge on any atom is -0.338 e. The molecule has 0 atom stereocenters. The van der Waals surface area contributed by atoms with Crippen molar-refractivity contribution in [3.05, 3.63) is 29.5 Å². The van der Waals surface area contributed by atoms with E-state index >= 15 is 0 Å². The van der Waals surface area contributed by atoms with Gasteiger partial charge in [0.1, 0.15) is 0 Å². The summed E-state index contributed by atoms with van der Waals surface area (Å²) in [6, 6.07) is 0. The molecule has 4 heteroatoms. The fourth-order valence-corrected chi connectivity index (χ4v) is 0.894. The van der Waals surface area contributed by atoms with E-state index in [1.807, 2.05) is 0 Å². The highest BCUT2D eigenvalue weighted by Crippen LogP contribution is 2.07. The second kappa shape index (κ2) is 3.39. The lowest BCUT2D eigenvalue weighted by Crippen LogP contribution is -1.90. The number of nitrogens with one attached hydrogen (secondary N) is 1. The molecule has 1 aromatic heterocycles. The van der Waals surface area contributed by atoms with Gasteiger partial charge in [0.05, 0.1) is 5.69 Å². The summed E-state index contributed by atoms with van der Waals surface area (Å²) in [5.41, 5.74) is 3.97. The van der Waals surface area contributed by atoms with Crippen molar-refractivity contribution in [1.82, 2.24) is 9.97 Å². The zero-order valence-corrected chi connectivity index (χ0v) is 7.27. The molecule has 0 aromatic carbocycles. The quantitative estimate of drug-likeness (QED) is 0.561. The summed E-state index contributed by atoms with van der Waals surface area (Å²) in [4.78, 5) is 17.3. The van der Waals surface area contributed by atoms with Gasteiger partial charge in [-0.1, -0.05) is 6.58 Å². The van der Waals surface area contributed by atoms with E-state index in [0.717, 1.165) is 5.69 Å². The average Bonchev–Trinajstić information content (AvgIpc) is 2.34. The first-order valence-electron chi connectivity index (χ1n) is 3.27. The van der Waals surface area contributed by atoms with E-state index < -0.39 is 5.24 Å². The Bertz CT molecular complexity index is 361. The first kappa shape index (κ1) is 8.78. The number of H-pyrrole nitrogens is 1. The molecule has 0 saturated heterocycles. The SMILES string of the molecule is C=C=Cc1nc(C(=O)Cl)[nH]c1C. The number of aromatic nitrogens is 2. The maximum atomic E-state index is 10.6.